The minimum atomic E-state index is -0.433. The molecule has 0 N–H and O–H groups in total. The van der Waals surface area contributed by atoms with Crippen molar-refractivity contribution in [2.24, 2.45) is 7.05 Å². The molecule has 1 aliphatic rings. The van der Waals surface area contributed by atoms with E-state index >= 15 is 0 Å². The minimum Gasteiger partial charge on any atom is -0.495 e. The second kappa shape index (κ2) is 9.32. The Morgan fingerprint density at radius 1 is 1.17 bits per heavy atom. The number of aromatic nitrogens is 1. The maximum Gasteiger partial charge on any atom is 0.355 e. The predicted molar refractivity (Wildman–Crippen MR) is 118 cm³/mol. The number of benzene rings is 1. The fourth-order valence-electron chi connectivity index (χ4n) is 3.52. The average molecular weight is 402 g/mol. The van der Waals surface area contributed by atoms with Crippen LogP contribution in [0.3, 0.4) is 0 Å². The number of nitriles is 1. The maximum absolute atomic E-state index is 12.5. The molecule has 30 heavy (non-hydrogen) atoms. The SMILES string of the molecule is CCOC(=O)c1c(-c2ccc(C3=CC=CC=C(OC(C)C)C3)cc2)c(C#N)cn1C. The van der Waals surface area contributed by atoms with Crippen LogP contribution < -0.4 is 0 Å². The van der Waals surface area contributed by atoms with Crippen LogP contribution in [0.5, 0.6) is 0 Å². The first kappa shape index (κ1) is 21.2. The molecule has 0 amide bonds. The zero-order valence-corrected chi connectivity index (χ0v) is 17.8. The van der Waals surface area contributed by atoms with Crippen molar-refractivity contribution in [1.29, 1.82) is 5.26 Å². The molecule has 0 saturated heterocycles. The highest BCUT2D eigenvalue weighted by Gasteiger charge is 2.23. The molecular formula is C25H26N2O3. The second-order valence-electron chi connectivity index (χ2n) is 7.34. The van der Waals surface area contributed by atoms with Crippen molar-refractivity contribution in [3.05, 3.63) is 77.3 Å². The van der Waals surface area contributed by atoms with Gasteiger partial charge in [-0.15, -0.1) is 0 Å². The van der Waals surface area contributed by atoms with Gasteiger partial charge in [0.25, 0.3) is 0 Å². The minimum absolute atomic E-state index is 0.121. The number of carbonyl (C=O) groups excluding carboxylic acids is 1. The predicted octanol–water partition coefficient (Wildman–Crippen LogP) is 5.39. The zero-order valence-electron chi connectivity index (χ0n) is 17.8. The van der Waals surface area contributed by atoms with E-state index in [0.29, 0.717) is 23.2 Å². The van der Waals surface area contributed by atoms with E-state index in [0.717, 1.165) is 22.5 Å². The summed E-state index contributed by atoms with van der Waals surface area (Å²) in [6, 6.07) is 10.1. The number of allylic oxidation sites excluding steroid dienone is 5. The number of aryl methyl sites for hydroxylation is 1. The number of carbonyl (C=O) groups is 1. The lowest BCUT2D eigenvalue weighted by Crippen LogP contribution is -2.10. The fourth-order valence-corrected chi connectivity index (χ4v) is 3.52. The number of rotatable bonds is 6. The monoisotopic (exact) mass is 402 g/mol. The normalized spacial score (nSPS) is 13.3. The van der Waals surface area contributed by atoms with Crippen molar-refractivity contribution in [3.8, 4) is 17.2 Å². The number of ether oxygens (including phenoxy) is 2. The van der Waals surface area contributed by atoms with E-state index in [-0.39, 0.29) is 12.7 Å². The third kappa shape index (κ3) is 4.55. The molecule has 1 aromatic heterocycles. The molecule has 5 heteroatoms. The molecule has 154 valence electrons. The van der Waals surface area contributed by atoms with Gasteiger partial charge in [-0.2, -0.15) is 5.26 Å². The molecule has 0 atom stereocenters. The number of hydrogen-bond acceptors (Lipinski definition) is 4. The molecule has 0 unspecified atom stereocenters. The van der Waals surface area contributed by atoms with Crippen molar-refractivity contribution in [2.75, 3.05) is 6.61 Å². The van der Waals surface area contributed by atoms with Gasteiger partial charge in [-0.3, -0.25) is 0 Å². The van der Waals surface area contributed by atoms with Gasteiger partial charge in [-0.05, 0) is 43.5 Å². The highest BCUT2D eigenvalue weighted by molar-refractivity contribution is 5.98. The first-order valence-corrected chi connectivity index (χ1v) is 10.0. The Morgan fingerprint density at radius 3 is 2.47 bits per heavy atom. The molecular weight excluding hydrogens is 376 g/mol. The topological polar surface area (TPSA) is 64.2 Å². The van der Waals surface area contributed by atoms with Crippen molar-refractivity contribution in [2.45, 2.75) is 33.3 Å². The molecule has 0 radical (unpaired) electrons. The molecule has 3 rings (SSSR count). The van der Waals surface area contributed by atoms with Gasteiger partial charge < -0.3 is 14.0 Å². The van der Waals surface area contributed by atoms with Crippen molar-refractivity contribution in [3.63, 3.8) is 0 Å². The standard InChI is InChI=1S/C25H26N2O3/c1-5-29-25(28)24-23(21(15-26)16-27(24)4)19-12-10-18(11-13-19)20-8-6-7-9-22(14-20)30-17(2)3/h6-13,16-17H,5,14H2,1-4H3. The van der Waals surface area contributed by atoms with Gasteiger partial charge in [0.15, 0.2) is 0 Å². The first-order valence-electron chi connectivity index (χ1n) is 10.0. The summed E-state index contributed by atoms with van der Waals surface area (Å²) in [6.45, 7) is 6.07. The Kier molecular flexibility index (Phi) is 6.58. The van der Waals surface area contributed by atoms with Crippen LogP contribution in [0, 0.1) is 11.3 Å². The van der Waals surface area contributed by atoms with E-state index < -0.39 is 5.97 Å². The number of nitrogens with zero attached hydrogens (tertiary/aromatic N) is 2. The van der Waals surface area contributed by atoms with Crippen molar-refractivity contribution < 1.29 is 14.3 Å². The Balaban J connectivity index is 1.95. The van der Waals surface area contributed by atoms with Crippen LogP contribution in [0.2, 0.25) is 0 Å². The number of esters is 1. The molecule has 1 aliphatic carbocycles. The molecule has 5 nitrogen and oxygen atoms in total. The molecule has 0 bridgehead atoms. The van der Waals surface area contributed by atoms with Gasteiger partial charge in [0.2, 0.25) is 0 Å². The van der Waals surface area contributed by atoms with Crippen LogP contribution in [0.1, 0.15) is 48.8 Å². The van der Waals surface area contributed by atoms with Crippen LogP contribution >= 0.6 is 0 Å². The summed E-state index contributed by atoms with van der Waals surface area (Å²) in [6.07, 6.45) is 10.5. The Hall–Kier alpha value is -3.52. The largest absolute Gasteiger partial charge is 0.495 e. The Morgan fingerprint density at radius 2 is 1.83 bits per heavy atom. The fraction of sp³-hybridized carbons (Fsp3) is 0.280. The quantitative estimate of drug-likeness (QED) is 0.608. The van der Waals surface area contributed by atoms with E-state index in [4.69, 9.17) is 9.47 Å². The van der Waals surface area contributed by atoms with E-state index in [1.807, 2.05) is 56.3 Å². The average Bonchev–Trinajstić information content (AvgIpc) is 2.89. The summed E-state index contributed by atoms with van der Waals surface area (Å²) in [4.78, 5) is 12.5. The summed E-state index contributed by atoms with van der Waals surface area (Å²) in [7, 11) is 1.75. The molecule has 2 aromatic rings. The Bertz CT molecular complexity index is 1060. The summed E-state index contributed by atoms with van der Waals surface area (Å²) >= 11 is 0. The van der Waals surface area contributed by atoms with E-state index in [9.17, 15) is 10.1 Å². The summed E-state index contributed by atoms with van der Waals surface area (Å²) < 4.78 is 12.7. The van der Waals surface area contributed by atoms with E-state index in [1.54, 1.807) is 24.7 Å². The molecule has 0 fully saturated rings. The third-order valence-electron chi connectivity index (χ3n) is 4.76. The molecule has 0 aliphatic heterocycles. The van der Waals surface area contributed by atoms with Crippen LogP contribution in [-0.2, 0) is 16.5 Å². The first-order chi connectivity index (χ1) is 14.4. The summed E-state index contributed by atoms with van der Waals surface area (Å²) in [5.41, 5.74) is 4.44. The van der Waals surface area contributed by atoms with Crippen molar-refractivity contribution in [1.82, 2.24) is 4.57 Å². The summed E-state index contributed by atoms with van der Waals surface area (Å²) in [5, 5.41) is 9.57. The van der Waals surface area contributed by atoms with Gasteiger partial charge in [0.05, 0.1) is 18.3 Å². The van der Waals surface area contributed by atoms with Crippen LogP contribution in [0.15, 0.2) is 60.5 Å². The lowest BCUT2D eigenvalue weighted by Gasteiger charge is -2.15. The van der Waals surface area contributed by atoms with Gasteiger partial charge >= 0.3 is 5.97 Å². The van der Waals surface area contributed by atoms with E-state index in [2.05, 4.69) is 12.1 Å². The van der Waals surface area contributed by atoms with Gasteiger partial charge in [-0.1, -0.05) is 42.5 Å². The molecule has 0 saturated carbocycles. The molecule has 1 aromatic carbocycles. The van der Waals surface area contributed by atoms with Crippen LogP contribution in [0.4, 0.5) is 0 Å². The molecule has 1 heterocycles. The maximum atomic E-state index is 12.5. The van der Waals surface area contributed by atoms with E-state index in [1.165, 1.54) is 0 Å². The smallest absolute Gasteiger partial charge is 0.355 e. The van der Waals surface area contributed by atoms with Gasteiger partial charge in [-0.25, -0.2) is 4.79 Å². The Labute approximate surface area is 177 Å². The van der Waals surface area contributed by atoms with Crippen molar-refractivity contribution >= 4 is 11.5 Å². The van der Waals surface area contributed by atoms with Crippen LogP contribution in [0.25, 0.3) is 16.7 Å². The molecule has 0 spiro atoms. The van der Waals surface area contributed by atoms with Gasteiger partial charge in [0, 0.05) is 25.2 Å². The highest BCUT2D eigenvalue weighted by Crippen LogP contribution is 2.32. The summed E-state index contributed by atoms with van der Waals surface area (Å²) in [5.74, 6) is 0.492. The zero-order chi connectivity index (χ0) is 21.7. The highest BCUT2D eigenvalue weighted by atomic mass is 16.5. The lowest BCUT2D eigenvalue weighted by atomic mass is 9.96. The van der Waals surface area contributed by atoms with Crippen LogP contribution in [-0.4, -0.2) is 23.2 Å². The van der Waals surface area contributed by atoms with Gasteiger partial charge in [0.1, 0.15) is 17.5 Å². The second-order valence-corrected chi connectivity index (χ2v) is 7.34. The third-order valence-corrected chi connectivity index (χ3v) is 4.76. The lowest BCUT2D eigenvalue weighted by molar-refractivity contribution is 0.0516. The number of hydrogen-bond donors (Lipinski definition) is 0.